The number of hydrogen-bond acceptors (Lipinski definition) is 6. The lowest BCUT2D eigenvalue weighted by molar-refractivity contribution is -0.384. The number of imidazole rings is 1. The van der Waals surface area contributed by atoms with Gasteiger partial charge in [0.25, 0.3) is 17.4 Å². The summed E-state index contributed by atoms with van der Waals surface area (Å²) in [5, 5.41) is 22.3. The molecule has 1 aliphatic heterocycles. The van der Waals surface area contributed by atoms with E-state index >= 15 is 0 Å². The first-order chi connectivity index (χ1) is 16.3. The number of nitro groups is 1. The lowest BCUT2D eigenvalue weighted by Gasteiger charge is -2.25. The van der Waals surface area contributed by atoms with Gasteiger partial charge >= 0.3 is 0 Å². The van der Waals surface area contributed by atoms with Crippen molar-refractivity contribution >= 4 is 23.1 Å². The van der Waals surface area contributed by atoms with Crippen molar-refractivity contribution in [2.24, 2.45) is 0 Å². The number of non-ortho nitro benzene ring substituents is 1. The molecular formula is C24H21FN4O5. The summed E-state index contributed by atoms with van der Waals surface area (Å²) in [4.78, 5) is 42.0. The second-order valence-corrected chi connectivity index (χ2v) is 7.96. The molecule has 10 heteroatoms. The number of ketones is 1. The van der Waals surface area contributed by atoms with Crippen molar-refractivity contribution in [3.8, 4) is 0 Å². The van der Waals surface area contributed by atoms with E-state index in [1.165, 1.54) is 35.2 Å². The molecule has 1 aliphatic rings. The van der Waals surface area contributed by atoms with Gasteiger partial charge in [0.1, 0.15) is 11.6 Å². The minimum absolute atomic E-state index is 0.0370. The van der Waals surface area contributed by atoms with Crippen molar-refractivity contribution in [3.63, 3.8) is 0 Å². The van der Waals surface area contributed by atoms with E-state index in [0.717, 1.165) is 6.07 Å². The van der Waals surface area contributed by atoms with Gasteiger partial charge < -0.3 is 14.6 Å². The van der Waals surface area contributed by atoms with E-state index in [1.54, 1.807) is 31.7 Å². The summed E-state index contributed by atoms with van der Waals surface area (Å²) in [6.07, 6.45) is 5.47. The first-order valence-corrected chi connectivity index (χ1v) is 10.5. The number of aliphatic hydroxyl groups is 1. The van der Waals surface area contributed by atoms with Crippen molar-refractivity contribution in [2.75, 3.05) is 6.54 Å². The van der Waals surface area contributed by atoms with Gasteiger partial charge in [-0.3, -0.25) is 19.7 Å². The number of hydrogen-bond donors (Lipinski definition) is 1. The van der Waals surface area contributed by atoms with Crippen LogP contribution in [0.1, 0.15) is 29.2 Å². The van der Waals surface area contributed by atoms with E-state index in [-0.39, 0.29) is 23.4 Å². The van der Waals surface area contributed by atoms with Crippen LogP contribution in [0.3, 0.4) is 0 Å². The van der Waals surface area contributed by atoms with Gasteiger partial charge in [-0.15, -0.1) is 0 Å². The van der Waals surface area contributed by atoms with Gasteiger partial charge in [-0.05, 0) is 30.5 Å². The zero-order valence-electron chi connectivity index (χ0n) is 18.2. The van der Waals surface area contributed by atoms with E-state index < -0.39 is 34.2 Å². The highest BCUT2D eigenvalue weighted by molar-refractivity contribution is 6.46. The van der Waals surface area contributed by atoms with Gasteiger partial charge in [-0.1, -0.05) is 24.3 Å². The number of Topliss-reactive ketones (excluding diaryl/α,β-unsaturated/α-hetero) is 1. The molecule has 34 heavy (non-hydrogen) atoms. The molecule has 0 radical (unpaired) electrons. The van der Waals surface area contributed by atoms with Crippen LogP contribution < -0.4 is 0 Å². The van der Waals surface area contributed by atoms with Gasteiger partial charge in [-0.2, -0.15) is 0 Å². The highest BCUT2D eigenvalue weighted by Crippen LogP contribution is 2.40. The highest BCUT2D eigenvalue weighted by Gasteiger charge is 2.46. The molecule has 0 bridgehead atoms. The number of rotatable bonds is 7. The molecule has 9 nitrogen and oxygen atoms in total. The number of carbonyl (C=O) groups excluding carboxylic acids is 2. The van der Waals surface area contributed by atoms with Crippen molar-refractivity contribution in [2.45, 2.75) is 25.9 Å². The number of nitro benzene ring substituents is 1. The van der Waals surface area contributed by atoms with Crippen LogP contribution in [0.15, 0.2) is 66.8 Å². The normalized spacial score (nSPS) is 17.4. The fourth-order valence-electron chi connectivity index (χ4n) is 4.00. The Morgan fingerprint density at radius 3 is 2.68 bits per heavy atom. The Morgan fingerprint density at radius 2 is 2.00 bits per heavy atom. The van der Waals surface area contributed by atoms with Gasteiger partial charge in [0, 0.05) is 43.2 Å². The van der Waals surface area contributed by atoms with Crippen LogP contribution in [0.4, 0.5) is 10.1 Å². The summed E-state index contributed by atoms with van der Waals surface area (Å²) in [5.41, 5.74) is 0.228. The summed E-state index contributed by atoms with van der Waals surface area (Å²) >= 11 is 0. The van der Waals surface area contributed by atoms with E-state index in [9.17, 15) is 29.2 Å². The van der Waals surface area contributed by atoms with Crippen LogP contribution in [0.25, 0.3) is 5.76 Å². The molecule has 1 atom stereocenters. The summed E-state index contributed by atoms with van der Waals surface area (Å²) in [6, 6.07) is 8.49. The maximum Gasteiger partial charge on any atom is 0.295 e. The lowest BCUT2D eigenvalue weighted by Crippen LogP contribution is -2.31. The molecule has 1 amide bonds. The van der Waals surface area contributed by atoms with Gasteiger partial charge in [0.15, 0.2) is 0 Å². The Labute approximate surface area is 193 Å². The molecule has 0 aliphatic carbocycles. The predicted octanol–water partition coefficient (Wildman–Crippen LogP) is 3.75. The number of aryl methyl sites for hydroxylation is 2. The molecular weight excluding hydrogens is 443 g/mol. The average molecular weight is 464 g/mol. The summed E-state index contributed by atoms with van der Waals surface area (Å²) in [5.74, 6) is -2.88. The minimum Gasteiger partial charge on any atom is -0.507 e. The highest BCUT2D eigenvalue weighted by atomic mass is 19.1. The molecule has 2 heterocycles. The van der Waals surface area contributed by atoms with Crippen LogP contribution in [-0.2, 0) is 16.1 Å². The van der Waals surface area contributed by atoms with Crippen molar-refractivity contribution in [3.05, 3.63) is 99.4 Å². The molecule has 1 unspecified atom stereocenters. The van der Waals surface area contributed by atoms with E-state index in [4.69, 9.17) is 0 Å². The SMILES string of the molecule is Cc1ccc(/C(O)=C2/C(=O)C(=O)N(CCCn3ccnc3)C2c2cccc([N+](=O)[O-])c2)cc1F. The quantitative estimate of drug-likeness (QED) is 0.187. The van der Waals surface area contributed by atoms with Crippen molar-refractivity contribution in [1.82, 2.24) is 14.5 Å². The number of halogens is 1. The minimum atomic E-state index is -1.06. The first-order valence-electron chi connectivity index (χ1n) is 10.5. The predicted molar refractivity (Wildman–Crippen MR) is 120 cm³/mol. The molecule has 1 N–H and O–H groups in total. The van der Waals surface area contributed by atoms with Crippen LogP contribution in [0.5, 0.6) is 0 Å². The fraction of sp³-hybridized carbons (Fsp3) is 0.208. The molecule has 1 saturated heterocycles. The Kier molecular flexibility index (Phi) is 6.22. The number of benzene rings is 2. The third-order valence-corrected chi connectivity index (χ3v) is 5.76. The number of nitrogens with zero attached hydrogens (tertiary/aromatic N) is 4. The van der Waals surface area contributed by atoms with Gasteiger partial charge in [-0.25, -0.2) is 9.37 Å². The summed E-state index contributed by atoms with van der Waals surface area (Å²) in [6.45, 7) is 2.23. The zero-order valence-corrected chi connectivity index (χ0v) is 18.2. The van der Waals surface area contributed by atoms with Crippen LogP contribution >= 0.6 is 0 Å². The second-order valence-electron chi connectivity index (χ2n) is 7.96. The maximum absolute atomic E-state index is 14.2. The Bertz CT molecular complexity index is 1300. The van der Waals surface area contributed by atoms with Crippen molar-refractivity contribution in [1.29, 1.82) is 0 Å². The third kappa shape index (κ3) is 4.29. The standard InChI is InChI=1S/C24H21FN4O5/c1-15-6-7-17(13-19(15)25)22(30)20-21(16-4-2-5-18(12-16)29(33)34)28(24(32)23(20)31)10-3-9-27-11-8-26-14-27/h2,4-8,11-14,21,30H,3,9-10H2,1H3/b22-20-. The van der Waals surface area contributed by atoms with Crippen LogP contribution in [-0.4, -0.2) is 42.7 Å². The Balaban J connectivity index is 1.79. The molecule has 0 saturated carbocycles. The van der Waals surface area contributed by atoms with Crippen LogP contribution in [0, 0.1) is 22.9 Å². The van der Waals surface area contributed by atoms with Gasteiger partial charge in [0.05, 0.1) is 22.9 Å². The van der Waals surface area contributed by atoms with E-state index in [0.29, 0.717) is 24.1 Å². The number of likely N-dealkylation sites (tertiary alicyclic amines) is 1. The Hall–Kier alpha value is -4.34. The number of carbonyl (C=O) groups is 2. The average Bonchev–Trinajstić information content (AvgIpc) is 3.42. The molecule has 1 fully saturated rings. The molecule has 2 aromatic carbocycles. The topological polar surface area (TPSA) is 119 Å². The Morgan fingerprint density at radius 1 is 1.21 bits per heavy atom. The zero-order chi connectivity index (χ0) is 24.4. The number of amides is 1. The molecule has 0 spiro atoms. The van der Waals surface area contributed by atoms with E-state index in [2.05, 4.69) is 4.98 Å². The van der Waals surface area contributed by atoms with Crippen molar-refractivity contribution < 1.29 is 24.0 Å². The number of aliphatic hydroxyl groups excluding tert-OH is 1. The summed E-state index contributed by atoms with van der Waals surface area (Å²) in [7, 11) is 0. The fourth-order valence-corrected chi connectivity index (χ4v) is 4.00. The second kappa shape index (κ2) is 9.26. The summed E-state index contributed by atoms with van der Waals surface area (Å²) < 4.78 is 16.0. The van der Waals surface area contributed by atoms with Crippen LogP contribution in [0.2, 0.25) is 0 Å². The molecule has 4 rings (SSSR count). The smallest absolute Gasteiger partial charge is 0.295 e. The molecule has 3 aromatic rings. The largest absolute Gasteiger partial charge is 0.507 e. The van der Waals surface area contributed by atoms with Gasteiger partial charge in [0.2, 0.25) is 0 Å². The number of aromatic nitrogens is 2. The monoisotopic (exact) mass is 464 g/mol. The van der Waals surface area contributed by atoms with E-state index in [1.807, 2.05) is 4.57 Å². The first kappa shape index (κ1) is 22.8. The lowest BCUT2D eigenvalue weighted by atomic mass is 9.94. The molecule has 1 aromatic heterocycles. The third-order valence-electron chi connectivity index (χ3n) is 5.76. The maximum atomic E-state index is 14.2. The molecule has 174 valence electrons.